The molecule has 3 atom stereocenters. The lowest BCUT2D eigenvalue weighted by atomic mass is 9.66. The highest BCUT2D eigenvalue weighted by molar-refractivity contribution is 5.66. The number of fused-ring (bicyclic) bond motifs is 1. The zero-order valence-corrected chi connectivity index (χ0v) is 15.7. The molecule has 1 saturated carbocycles. The fourth-order valence-electron chi connectivity index (χ4n) is 3.66. The first-order valence-electron chi connectivity index (χ1n) is 8.77. The van der Waals surface area contributed by atoms with E-state index in [9.17, 15) is 9.90 Å². The van der Waals surface area contributed by atoms with Crippen molar-refractivity contribution < 1.29 is 14.6 Å². The molecule has 0 aromatic carbocycles. The van der Waals surface area contributed by atoms with Crippen molar-refractivity contribution >= 4 is 11.6 Å². The van der Waals surface area contributed by atoms with E-state index in [1.807, 2.05) is 39.4 Å². The zero-order valence-electron chi connectivity index (χ0n) is 15.7. The number of ether oxygens (including phenoxy) is 1. The minimum Gasteiger partial charge on any atom is -0.469 e. The number of aromatic nitrogens is 5. The summed E-state index contributed by atoms with van der Waals surface area (Å²) in [5, 5.41) is 17.7. The molecule has 0 unspecified atom stereocenters. The molecule has 4 rings (SSSR count). The Balaban J connectivity index is 1.66. The molecule has 3 heterocycles. The number of carboxylic acid groups (broad SMARTS) is 1. The summed E-state index contributed by atoms with van der Waals surface area (Å²) in [4.78, 5) is 17.3. The van der Waals surface area contributed by atoms with Crippen molar-refractivity contribution in [1.82, 2.24) is 29.3 Å². The van der Waals surface area contributed by atoms with Gasteiger partial charge in [-0.25, -0.2) is 14.3 Å². The molecule has 1 aliphatic carbocycles. The number of amides is 1. The van der Waals surface area contributed by atoms with Crippen LogP contribution in [0.2, 0.25) is 0 Å². The summed E-state index contributed by atoms with van der Waals surface area (Å²) >= 11 is 0. The van der Waals surface area contributed by atoms with Crippen molar-refractivity contribution in [2.45, 2.75) is 31.9 Å². The Bertz CT molecular complexity index is 1010. The van der Waals surface area contributed by atoms with Gasteiger partial charge in [-0.2, -0.15) is 10.2 Å². The molecule has 1 N–H and O–H groups in total. The predicted molar refractivity (Wildman–Crippen MR) is 97.6 cm³/mol. The molecular formula is C18H22N6O3. The van der Waals surface area contributed by atoms with Crippen LogP contribution in [0.5, 0.6) is 5.88 Å². The van der Waals surface area contributed by atoms with Crippen molar-refractivity contribution in [3.8, 4) is 17.1 Å². The fraction of sp³-hybridized carbons (Fsp3) is 0.444. The van der Waals surface area contributed by atoms with Crippen LogP contribution in [0.25, 0.3) is 16.8 Å². The van der Waals surface area contributed by atoms with Crippen LogP contribution < -0.4 is 4.74 Å². The highest BCUT2D eigenvalue weighted by Crippen LogP contribution is 2.44. The van der Waals surface area contributed by atoms with E-state index in [1.54, 1.807) is 28.6 Å². The van der Waals surface area contributed by atoms with Crippen LogP contribution in [-0.4, -0.2) is 59.2 Å². The maximum Gasteiger partial charge on any atom is 0.407 e. The molecule has 1 amide bonds. The van der Waals surface area contributed by atoms with E-state index in [4.69, 9.17) is 9.72 Å². The van der Waals surface area contributed by atoms with E-state index in [-0.39, 0.29) is 12.0 Å². The van der Waals surface area contributed by atoms with E-state index in [1.165, 1.54) is 4.90 Å². The second-order valence-electron chi connectivity index (χ2n) is 7.36. The Morgan fingerprint density at radius 1 is 1.41 bits per heavy atom. The normalized spacial score (nSPS) is 24.6. The van der Waals surface area contributed by atoms with Crippen LogP contribution >= 0.6 is 0 Å². The van der Waals surface area contributed by atoms with Gasteiger partial charge in [0.05, 0.1) is 24.3 Å². The molecule has 1 fully saturated rings. The van der Waals surface area contributed by atoms with E-state index in [0.29, 0.717) is 18.0 Å². The van der Waals surface area contributed by atoms with Crippen molar-refractivity contribution in [1.29, 1.82) is 0 Å². The lowest BCUT2D eigenvalue weighted by Crippen LogP contribution is -2.63. The van der Waals surface area contributed by atoms with Gasteiger partial charge in [-0.15, -0.1) is 0 Å². The standard InChI is InChI=1S/C18H22N6O3/c1-11-15(23(4)17(25)26)7-18(11,2)27-16-14-5-6-19-24(14)10-13(21-16)12-8-20-22(3)9-12/h5-6,8-11,15H,7H2,1-4H3,(H,25,26)/t11-,15-,18+/m1/s1. The molecule has 1 aliphatic rings. The largest absolute Gasteiger partial charge is 0.469 e. The molecule has 0 aliphatic heterocycles. The number of carbonyl (C=O) groups is 1. The van der Waals surface area contributed by atoms with E-state index in [2.05, 4.69) is 10.2 Å². The first-order chi connectivity index (χ1) is 12.8. The van der Waals surface area contributed by atoms with Gasteiger partial charge in [0, 0.05) is 44.2 Å². The minimum absolute atomic E-state index is 0.0328. The number of rotatable bonds is 4. The van der Waals surface area contributed by atoms with Gasteiger partial charge in [-0.3, -0.25) is 4.68 Å². The molecule has 9 nitrogen and oxygen atoms in total. The third kappa shape index (κ3) is 2.79. The van der Waals surface area contributed by atoms with E-state index >= 15 is 0 Å². The van der Waals surface area contributed by atoms with Crippen LogP contribution in [-0.2, 0) is 7.05 Å². The van der Waals surface area contributed by atoms with Crippen LogP contribution in [0.15, 0.2) is 30.9 Å². The first kappa shape index (κ1) is 17.3. The average molecular weight is 370 g/mol. The molecule has 0 radical (unpaired) electrons. The minimum atomic E-state index is -0.927. The summed E-state index contributed by atoms with van der Waals surface area (Å²) in [6.07, 6.45) is 6.84. The summed E-state index contributed by atoms with van der Waals surface area (Å²) in [5.74, 6) is 0.519. The van der Waals surface area contributed by atoms with Gasteiger partial charge in [0.1, 0.15) is 11.1 Å². The third-order valence-electron chi connectivity index (χ3n) is 5.64. The quantitative estimate of drug-likeness (QED) is 0.757. The predicted octanol–water partition coefficient (Wildman–Crippen LogP) is 2.29. The molecule has 3 aromatic rings. The fourth-order valence-corrected chi connectivity index (χ4v) is 3.66. The smallest absolute Gasteiger partial charge is 0.407 e. The summed E-state index contributed by atoms with van der Waals surface area (Å²) < 4.78 is 9.78. The van der Waals surface area contributed by atoms with E-state index in [0.717, 1.165) is 11.1 Å². The molecular weight excluding hydrogens is 348 g/mol. The highest BCUT2D eigenvalue weighted by Gasteiger charge is 2.53. The van der Waals surface area contributed by atoms with Gasteiger partial charge < -0.3 is 14.7 Å². The maximum atomic E-state index is 11.2. The summed E-state index contributed by atoms with van der Waals surface area (Å²) in [6, 6.07) is 1.78. The van der Waals surface area contributed by atoms with Gasteiger partial charge in [-0.1, -0.05) is 6.92 Å². The highest BCUT2D eigenvalue weighted by atomic mass is 16.5. The second kappa shape index (κ2) is 5.97. The summed E-state index contributed by atoms with van der Waals surface area (Å²) in [6.45, 7) is 4.00. The number of aryl methyl sites for hydroxylation is 1. The van der Waals surface area contributed by atoms with Crippen molar-refractivity contribution in [3.63, 3.8) is 0 Å². The lowest BCUT2D eigenvalue weighted by molar-refractivity contribution is -0.102. The Labute approximate surface area is 156 Å². The van der Waals surface area contributed by atoms with E-state index < -0.39 is 11.7 Å². The van der Waals surface area contributed by atoms with Crippen molar-refractivity contribution in [3.05, 3.63) is 30.9 Å². The molecule has 0 spiro atoms. The number of nitrogens with zero attached hydrogens (tertiary/aromatic N) is 6. The monoisotopic (exact) mass is 370 g/mol. The topological polar surface area (TPSA) is 97.8 Å². The molecule has 0 bridgehead atoms. The molecule has 9 heteroatoms. The van der Waals surface area contributed by atoms with Crippen LogP contribution in [0, 0.1) is 5.92 Å². The Hall–Kier alpha value is -3.10. The van der Waals surface area contributed by atoms with Gasteiger partial charge in [-0.05, 0) is 13.0 Å². The summed E-state index contributed by atoms with van der Waals surface area (Å²) in [5.41, 5.74) is 1.85. The van der Waals surface area contributed by atoms with Gasteiger partial charge in [0.2, 0.25) is 5.88 Å². The molecule has 0 saturated heterocycles. The SMILES string of the molecule is C[C@@H]1[C@H](N(C)C(=O)O)C[C@]1(C)Oc1nc(-c2cnn(C)c2)cn2nccc12. The van der Waals surface area contributed by atoms with Crippen molar-refractivity contribution in [2.24, 2.45) is 13.0 Å². The first-order valence-corrected chi connectivity index (χ1v) is 8.77. The molecule has 142 valence electrons. The Morgan fingerprint density at radius 2 is 2.19 bits per heavy atom. The third-order valence-corrected chi connectivity index (χ3v) is 5.64. The average Bonchev–Trinajstić information content (AvgIpc) is 3.27. The van der Waals surface area contributed by atoms with Crippen LogP contribution in [0.4, 0.5) is 4.79 Å². The molecule has 3 aromatic heterocycles. The number of hydrogen-bond acceptors (Lipinski definition) is 5. The van der Waals surface area contributed by atoms with Crippen molar-refractivity contribution in [2.75, 3.05) is 7.05 Å². The lowest BCUT2D eigenvalue weighted by Gasteiger charge is -2.53. The summed E-state index contributed by atoms with van der Waals surface area (Å²) in [7, 11) is 3.45. The maximum absolute atomic E-state index is 11.2. The Morgan fingerprint density at radius 3 is 2.81 bits per heavy atom. The number of hydrogen-bond donors (Lipinski definition) is 1. The van der Waals surface area contributed by atoms with Gasteiger partial charge >= 0.3 is 6.09 Å². The van der Waals surface area contributed by atoms with Gasteiger partial charge in [0.25, 0.3) is 0 Å². The molecule has 27 heavy (non-hydrogen) atoms. The Kier molecular flexibility index (Phi) is 3.83. The second-order valence-corrected chi connectivity index (χ2v) is 7.36. The van der Waals surface area contributed by atoms with Crippen LogP contribution in [0.3, 0.4) is 0 Å². The van der Waals surface area contributed by atoms with Gasteiger partial charge in [0.15, 0.2) is 0 Å². The zero-order chi connectivity index (χ0) is 19.3. The van der Waals surface area contributed by atoms with Crippen LogP contribution in [0.1, 0.15) is 20.3 Å².